The van der Waals surface area contributed by atoms with Crippen molar-refractivity contribution in [2.75, 3.05) is 47.5 Å². The van der Waals surface area contributed by atoms with Crippen molar-refractivity contribution in [3.05, 3.63) is 60.8 Å². The number of unbranched alkanes of at least 4 members (excludes halogenated alkanes) is 27. The molecule has 0 aliphatic carbocycles. The van der Waals surface area contributed by atoms with Crippen molar-refractivity contribution >= 4 is 17.9 Å². The Morgan fingerprint density at radius 2 is 0.826 bits per heavy atom. The number of aliphatic carboxylic acids is 1. The summed E-state index contributed by atoms with van der Waals surface area (Å²) in [5.41, 5.74) is 0. The number of nitrogens with zero attached hydrogens (tertiary/aromatic N) is 1. The number of carbonyl (C=O) groups excluding carboxylic acids is 2. The van der Waals surface area contributed by atoms with Gasteiger partial charge in [0.15, 0.2) is 6.10 Å². The van der Waals surface area contributed by atoms with Crippen LogP contribution in [0.15, 0.2) is 60.8 Å². The van der Waals surface area contributed by atoms with Gasteiger partial charge < -0.3 is 28.5 Å². The van der Waals surface area contributed by atoms with Gasteiger partial charge in [-0.25, -0.2) is 4.79 Å². The molecular formula is C60H108NO8+. The van der Waals surface area contributed by atoms with Crippen molar-refractivity contribution in [3.63, 3.8) is 0 Å². The first kappa shape index (κ1) is 66.0. The highest BCUT2D eigenvalue weighted by atomic mass is 16.7. The number of ether oxygens (including phenoxy) is 4. The monoisotopic (exact) mass is 971 g/mol. The summed E-state index contributed by atoms with van der Waals surface area (Å²) in [5, 5.41) is 9.70. The topological polar surface area (TPSA) is 108 Å². The largest absolute Gasteiger partial charge is 0.477 e. The van der Waals surface area contributed by atoms with E-state index in [0.29, 0.717) is 23.9 Å². The van der Waals surface area contributed by atoms with Crippen molar-refractivity contribution in [2.24, 2.45) is 0 Å². The van der Waals surface area contributed by atoms with Gasteiger partial charge in [0.25, 0.3) is 6.29 Å². The van der Waals surface area contributed by atoms with Gasteiger partial charge >= 0.3 is 17.9 Å². The maximum atomic E-state index is 12.9. The molecule has 0 fully saturated rings. The maximum Gasteiger partial charge on any atom is 0.361 e. The molecule has 9 nitrogen and oxygen atoms in total. The Bertz CT molecular complexity index is 1310. The van der Waals surface area contributed by atoms with Gasteiger partial charge in [0.2, 0.25) is 0 Å². The van der Waals surface area contributed by atoms with Gasteiger partial charge in [-0.05, 0) is 57.8 Å². The lowest BCUT2D eigenvalue weighted by Crippen LogP contribution is -2.40. The van der Waals surface area contributed by atoms with Crippen LogP contribution in [0.4, 0.5) is 0 Å². The number of likely N-dealkylation sites (N-methyl/N-ethyl adjacent to an activating group) is 1. The van der Waals surface area contributed by atoms with Crippen molar-refractivity contribution in [2.45, 2.75) is 257 Å². The Hall–Kier alpha value is -3.01. The lowest BCUT2D eigenvalue weighted by Gasteiger charge is -2.25. The second-order valence-corrected chi connectivity index (χ2v) is 20.2. The molecule has 0 saturated heterocycles. The molecule has 69 heavy (non-hydrogen) atoms. The highest BCUT2D eigenvalue weighted by molar-refractivity contribution is 5.71. The van der Waals surface area contributed by atoms with E-state index in [0.717, 1.165) is 77.0 Å². The third-order valence-corrected chi connectivity index (χ3v) is 12.3. The molecule has 0 radical (unpaired) electrons. The first-order valence-electron chi connectivity index (χ1n) is 28.5. The third kappa shape index (κ3) is 52.6. The number of hydrogen-bond donors (Lipinski definition) is 1. The van der Waals surface area contributed by atoms with Gasteiger partial charge in [0.1, 0.15) is 13.2 Å². The Balaban J connectivity index is 4.28. The van der Waals surface area contributed by atoms with Crippen molar-refractivity contribution in [1.29, 1.82) is 0 Å². The molecule has 0 aromatic heterocycles. The standard InChI is InChI=1S/C60H107NO8/c1-6-8-10-12-14-16-18-20-22-24-26-28-29-31-33-35-37-39-41-43-45-47-49-51-58(63)69-56(55-68-60(59(64)65)66-53-52-61(3,4)5)54-67-57(62)50-48-46-44-42-40-38-36-34-32-30-27-25-23-21-19-17-15-13-11-9-7-2/h8,10,14,16,20,22,26,28,31,33,56,60H,6-7,9,11-13,15,17-19,21,23-25,27,29-30,32,34-55H2,1-5H3/p+1/b10-8-,16-14-,22-20-,28-26-,33-31-. The maximum absolute atomic E-state index is 12.9. The number of carbonyl (C=O) groups is 3. The quantitative estimate of drug-likeness (QED) is 0.0211. The normalized spacial score (nSPS) is 13.2. The van der Waals surface area contributed by atoms with E-state index in [1.54, 1.807) is 0 Å². The second kappa shape index (κ2) is 51.3. The van der Waals surface area contributed by atoms with Crippen LogP contribution in [0.2, 0.25) is 0 Å². The second-order valence-electron chi connectivity index (χ2n) is 20.2. The van der Waals surface area contributed by atoms with E-state index >= 15 is 0 Å². The van der Waals surface area contributed by atoms with Crippen LogP contribution < -0.4 is 0 Å². The van der Waals surface area contributed by atoms with Crippen molar-refractivity contribution < 1.29 is 42.9 Å². The molecule has 2 unspecified atom stereocenters. The van der Waals surface area contributed by atoms with Crippen LogP contribution in [-0.2, 0) is 33.3 Å². The molecule has 9 heteroatoms. The molecule has 0 aromatic rings. The summed E-state index contributed by atoms with van der Waals surface area (Å²) >= 11 is 0. The highest BCUT2D eigenvalue weighted by Gasteiger charge is 2.25. The first-order chi connectivity index (χ1) is 33.6. The van der Waals surface area contributed by atoms with Gasteiger partial charge in [-0.2, -0.15) is 0 Å². The number of hydrogen-bond acceptors (Lipinski definition) is 7. The molecule has 2 atom stereocenters. The fourth-order valence-corrected chi connectivity index (χ4v) is 7.92. The predicted octanol–water partition coefficient (Wildman–Crippen LogP) is 16.5. The summed E-state index contributed by atoms with van der Waals surface area (Å²) in [7, 11) is 5.96. The molecule has 0 spiro atoms. The lowest BCUT2D eigenvalue weighted by molar-refractivity contribution is -0.870. The van der Waals surface area contributed by atoms with Crippen LogP contribution in [0.5, 0.6) is 0 Å². The average molecular weight is 972 g/mol. The van der Waals surface area contributed by atoms with Gasteiger partial charge in [0.05, 0.1) is 34.4 Å². The molecule has 0 amide bonds. The van der Waals surface area contributed by atoms with Gasteiger partial charge in [-0.15, -0.1) is 0 Å². The summed E-state index contributed by atoms with van der Waals surface area (Å²) in [4.78, 5) is 37.4. The Labute approximate surface area is 425 Å². The predicted molar refractivity (Wildman–Crippen MR) is 290 cm³/mol. The van der Waals surface area contributed by atoms with Crippen LogP contribution in [0, 0.1) is 0 Å². The smallest absolute Gasteiger partial charge is 0.361 e. The molecule has 0 bridgehead atoms. The fraction of sp³-hybridized carbons (Fsp3) is 0.783. The molecule has 0 aromatic carbocycles. The number of rotatable bonds is 52. The zero-order valence-corrected chi connectivity index (χ0v) is 45.5. The number of allylic oxidation sites excluding steroid dienone is 10. The number of quaternary nitrogens is 1. The zero-order valence-electron chi connectivity index (χ0n) is 45.5. The lowest BCUT2D eigenvalue weighted by atomic mass is 10.0. The summed E-state index contributed by atoms with van der Waals surface area (Å²) in [6.07, 6.45) is 61.5. The molecule has 0 aliphatic heterocycles. The minimum atomic E-state index is -1.51. The molecule has 1 N–H and O–H groups in total. The minimum absolute atomic E-state index is 0.184. The van der Waals surface area contributed by atoms with Crippen molar-refractivity contribution in [1.82, 2.24) is 0 Å². The Morgan fingerprint density at radius 3 is 1.23 bits per heavy atom. The molecular weight excluding hydrogens is 863 g/mol. The van der Waals surface area contributed by atoms with Gasteiger partial charge in [-0.1, -0.05) is 235 Å². The Kier molecular flexibility index (Phi) is 49.1. The summed E-state index contributed by atoms with van der Waals surface area (Å²) in [6, 6.07) is 0. The van der Waals surface area contributed by atoms with E-state index in [4.69, 9.17) is 18.9 Å². The third-order valence-electron chi connectivity index (χ3n) is 12.3. The molecule has 400 valence electrons. The van der Waals surface area contributed by atoms with Crippen LogP contribution in [0.1, 0.15) is 245 Å². The molecule has 0 saturated carbocycles. The molecule has 0 heterocycles. The zero-order chi connectivity index (χ0) is 50.6. The number of carboxylic acids is 1. The van der Waals surface area contributed by atoms with E-state index in [1.165, 1.54) is 135 Å². The fourth-order valence-electron chi connectivity index (χ4n) is 7.92. The average Bonchev–Trinajstić information content (AvgIpc) is 3.31. The van der Waals surface area contributed by atoms with Crippen LogP contribution in [0.3, 0.4) is 0 Å². The minimum Gasteiger partial charge on any atom is -0.477 e. The SMILES string of the molecule is CC/C=C\C/C=C\C/C=C\C/C=C\C/C=C\CCCCCCCCCC(=O)OC(COC(=O)CCCCCCCCCCCCCCCCCCCCCCC)COC(OCC[N+](C)(C)C)C(=O)O. The molecule has 0 aliphatic rings. The summed E-state index contributed by atoms with van der Waals surface area (Å²) in [5.74, 6) is -2.01. The van der Waals surface area contributed by atoms with E-state index in [1.807, 2.05) is 21.1 Å². The summed E-state index contributed by atoms with van der Waals surface area (Å²) < 4.78 is 22.9. The van der Waals surface area contributed by atoms with Gasteiger partial charge in [0, 0.05) is 12.8 Å². The Morgan fingerprint density at radius 1 is 0.449 bits per heavy atom. The van der Waals surface area contributed by atoms with E-state index < -0.39 is 24.3 Å². The van der Waals surface area contributed by atoms with Crippen LogP contribution >= 0.6 is 0 Å². The molecule has 0 rings (SSSR count). The number of carboxylic acid groups (broad SMARTS) is 1. The first-order valence-corrected chi connectivity index (χ1v) is 28.5. The number of esters is 2. The van der Waals surface area contributed by atoms with Crippen LogP contribution in [0.25, 0.3) is 0 Å². The van der Waals surface area contributed by atoms with Gasteiger partial charge in [-0.3, -0.25) is 9.59 Å². The highest BCUT2D eigenvalue weighted by Crippen LogP contribution is 2.16. The van der Waals surface area contributed by atoms with Crippen LogP contribution in [-0.4, -0.2) is 87.4 Å². The van der Waals surface area contributed by atoms with Crippen molar-refractivity contribution in [3.8, 4) is 0 Å². The van der Waals surface area contributed by atoms with E-state index in [2.05, 4.69) is 74.6 Å². The van der Waals surface area contributed by atoms with E-state index in [-0.39, 0.29) is 32.2 Å². The van der Waals surface area contributed by atoms with E-state index in [9.17, 15) is 19.5 Å². The summed E-state index contributed by atoms with van der Waals surface area (Å²) in [6.45, 7) is 4.78.